The van der Waals surface area contributed by atoms with Gasteiger partial charge in [-0.25, -0.2) is 4.98 Å². The zero-order chi connectivity index (χ0) is 19.9. The molecule has 0 radical (unpaired) electrons. The van der Waals surface area contributed by atoms with Gasteiger partial charge in [0.2, 0.25) is 5.91 Å². The van der Waals surface area contributed by atoms with Gasteiger partial charge in [-0.3, -0.25) is 14.9 Å². The maximum absolute atomic E-state index is 12.1. The first kappa shape index (κ1) is 19.3. The van der Waals surface area contributed by atoms with Crippen LogP contribution in [0.4, 0.5) is 16.5 Å². The third kappa shape index (κ3) is 4.83. The number of hydrogen-bond donors (Lipinski definition) is 2. The first-order valence-corrected chi connectivity index (χ1v) is 9.32. The van der Waals surface area contributed by atoms with Gasteiger partial charge in [0.05, 0.1) is 17.7 Å². The highest BCUT2D eigenvalue weighted by atomic mass is 32.1. The second kappa shape index (κ2) is 8.96. The van der Waals surface area contributed by atoms with Crippen LogP contribution >= 0.6 is 11.3 Å². The molecule has 0 aliphatic rings. The van der Waals surface area contributed by atoms with E-state index in [0.717, 1.165) is 17.0 Å². The molecule has 0 saturated heterocycles. The maximum Gasteiger partial charge on any atom is 0.292 e. The zero-order valence-electron chi connectivity index (χ0n) is 15.0. The molecular formula is C19H18N4O4S. The lowest BCUT2D eigenvalue weighted by Gasteiger charge is -2.06. The molecule has 0 aliphatic heterocycles. The minimum absolute atomic E-state index is 0.0213. The fourth-order valence-electron chi connectivity index (χ4n) is 2.50. The SMILES string of the molecule is COc1ccc(-c2csc(NC(=O)CCNc3ccccc3[N+](=O)[O-])n2)cc1. The van der Waals surface area contributed by atoms with Crippen LogP contribution in [0.2, 0.25) is 0 Å². The van der Waals surface area contributed by atoms with Gasteiger partial charge in [-0.2, -0.15) is 0 Å². The van der Waals surface area contributed by atoms with Crippen LogP contribution in [0, 0.1) is 10.1 Å². The molecule has 1 amide bonds. The zero-order valence-corrected chi connectivity index (χ0v) is 15.9. The Morgan fingerprint density at radius 3 is 2.68 bits per heavy atom. The number of ether oxygens (including phenoxy) is 1. The molecule has 0 fully saturated rings. The van der Waals surface area contributed by atoms with Gasteiger partial charge in [0.25, 0.3) is 5.69 Å². The smallest absolute Gasteiger partial charge is 0.292 e. The van der Waals surface area contributed by atoms with Gasteiger partial charge in [0, 0.05) is 30.0 Å². The number of carbonyl (C=O) groups excluding carboxylic acids is 1. The van der Waals surface area contributed by atoms with E-state index in [2.05, 4.69) is 15.6 Å². The van der Waals surface area contributed by atoms with Crippen molar-refractivity contribution in [3.8, 4) is 17.0 Å². The van der Waals surface area contributed by atoms with Gasteiger partial charge in [-0.1, -0.05) is 12.1 Å². The van der Waals surface area contributed by atoms with Crippen LogP contribution < -0.4 is 15.4 Å². The minimum atomic E-state index is -0.460. The first-order chi connectivity index (χ1) is 13.6. The van der Waals surface area contributed by atoms with Gasteiger partial charge < -0.3 is 15.4 Å². The Morgan fingerprint density at radius 1 is 1.21 bits per heavy atom. The molecule has 1 aromatic heterocycles. The number of nitrogens with zero attached hydrogens (tertiary/aromatic N) is 2. The van der Waals surface area contributed by atoms with Crippen molar-refractivity contribution in [2.45, 2.75) is 6.42 Å². The Kier molecular flexibility index (Phi) is 6.18. The van der Waals surface area contributed by atoms with E-state index in [4.69, 9.17) is 4.74 Å². The van der Waals surface area contributed by atoms with Crippen LogP contribution in [0.3, 0.4) is 0 Å². The van der Waals surface area contributed by atoms with Crippen molar-refractivity contribution in [2.24, 2.45) is 0 Å². The highest BCUT2D eigenvalue weighted by Gasteiger charge is 2.13. The number of para-hydroxylation sites is 2. The van der Waals surface area contributed by atoms with Gasteiger partial charge in [0.1, 0.15) is 11.4 Å². The molecule has 9 heteroatoms. The van der Waals surface area contributed by atoms with E-state index in [-0.39, 0.29) is 24.6 Å². The predicted molar refractivity (Wildman–Crippen MR) is 109 cm³/mol. The molecule has 28 heavy (non-hydrogen) atoms. The van der Waals surface area contributed by atoms with E-state index < -0.39 is 4.92 Å². The average Bonchev–Trinajstić information content (AvgIpc) is 3.16. The number of thiazole rings is 1. The normalized spacial score (nSPS) is 10.3. The number of rotatable bonds is 8. The van der Waals surface area contributed by atoms with E-state index in [1.54, 1.807) is 25.3 Å². The lowest BCUT2D eigenvalue weighted by Crippen LogP contribution is -2.16. The van der Waals surface area contributed by atoms with Gasteiger partial charge in [-0.05, 0) is 30.3 Å². The van der Waals surface area contributed by atoms with E-state index in [0.29, 0.717) is 10.8 Å². The monoisotopic (exact) mass is 398 g/mol. The lowest BCUT2D eigenvalue weighted by molar-refractivity contribution is -0.384. The van der Waals surface area contributed by atoms with Crippen molar-refractivity contribution in [1.29, 1.82) is 0 Å². The molecule has 8 nitrogen and oxygen atoms in total. The average molecular weight is 398 g/mol. The Labute approximate surface area is 165 Å². The Balaban J connectivity index is 1.53. The molecule has 2 N–H and O–H groups in total. The summed E-state index contributed by atoms with van der Waals surface area (Å²) >= 11 is 1.33. The first-order valence-electron chi connectivity index (χ1n) is 8.44. The third-order valence-corrected chi connectivity index (χ3v) is 4.66. The summed E-state index contributed by atoms with van der Waals surface area (Å²) < 4.78 is 5.13. The number of nitro benzene ring substituents is 1. The maximum atomic E-state index is 12.1. The summed E-state index contributed by atoms with van der Waals surface area (Å²) in [6, 6.07) is 13.8. The Bertz CT molecular complexity index is 972. The number of carbonyl (C=O) groups is 1. The van der Waals surface area contributed by atoms with E-state index in [1.807, 2.05) is 29.6 Å². The fraction of sp³-hybridized carbons (Fsp3) is 0.158. The number of aromatic nitrogens is 1. The van der Waals surface area contributed by atoms with Gasteiger partial charge in [0.15, 0.2) is 5.13 Å². The summed E-state index contributed by atoms with van der Waals surface area (Å²) in [5, 5.41) is 19.0. The highest BCUT2D eigenvalue weighted by molar-refractivity contribution is 7.14. The molecular weight excluding hydrogens is 380 g/mol. The molecule has 2 aromatic carbocycles. The van der Waals surface area contributed by atoms with Crippen LogP contribution in [-0.2, 0) is 4.79 Å². The van der Waals surface area contributed by atoms with E-state index in [1.165, 1.54) is 17.4 Å². The summed E-state index contributed by atoms with van der Waals surface area (Å²) in [5.41, 5.74) is 2.06. The van der Waals surface area contributed by atoms with E-state index in [9.17, 15) is 14.9 Å². The van der Waals surface area contributed by atoms with Crippen molar-refractivity contribution in [3.63, 3.8) is 0 Å². The highest BCUT2D eigenvalue weighted by Crippen LogP contribution is 2.27. The molecule has 0 bridgehead atoms. The molecule has 0 unspecified atom stereocenters. The number of anilines is 2. The quantitative estimate of drug-likeness (QED) is 0.436. The molecule has 0 spiro atoms. The van der Waals surface area contributed by atoms with Crippen molar-refractivity contribution < 1.29 is 14.5 Å². The van der Waals surface area contributed by atoms with Crippen molar-refractivity contribution in [1.82, 2.24) is 4.98 Å². The number of nitro groups is 1. The van der Waals surface area contributed by atoms with Crippen LogP contribution in [0.25, 0.3) is 11.3 Å². The molecule has 1 heterocycles. The fourth-order valence-corrected chi connectivity index (χ4v) is 3.24. The molecule has 0 aliphatic carbocycles. The number of amides is 1. The summed E-state index contributed by atoms with van der Waals surface area (Å²) in [6.45, 7) is 0.271. The van der Waals surface area contributed by atoms with Gasteiger partial charge >= 0.3 is 0 Å². The van der Waals surface area contributed by atoms with Crippen molar-refractivity contribution in [3.05, 3.63) is 64.0 Å². The topological polar surface area (TPSA) is 106 Å². The Morgan fingerprint density at radius 2 is 1.96 bits per heavy atom. The molecule has 144 valence electrons. The number of methoxy groups -OCH3 is 1. The van der Waals surface area contributed by atoms with E-state index >= 15 is 0 Å². The van der Waals surface area contributed by atoms with Crippen LogP contribution in [0.15, 0.2) is 53.9 Å². The number of hydrogen-bond acceptors (Lipinski definition) is 7. The second-order valence-electron chi connectivity index (χ2n) is 5.77. The lowest BCUT2D eigenvalue weighted by atomic mass is 10.2. The minimum Gasteiger partial charge on any atom is -0.497 e. The Hall–Kier alpha value is -3.46. The van der Waals surface area contributed by atoms with Crippen molar-refractivity contribution >= 4 is 33.8 Å². The second-order valence-corrected chi connectivity index (χ2v) is 6.62. The van der Waals surface area contributed by atoms with Crippen LogP contribution in [0.1, 0.15) is 6.42 Å². The summed E-state index contributed by atoms with van der Waals surface area (Å²) in [7, 11) is 1.61. The molecule has 3 rings (SSSR count). The summed E-state index contributed by atoms with van der Waals surface area (Å²) in [5.74, 6) is 0.542. The molecule has 0 saturated carbocycles. The third-order valence-electron chi connectivity index (χ3n) is 3.90. The molecule has 3 aromatic rings. The van der Waals surface area contributed by atoms with Crippen LogP contribution in [-0.4, -0.2) is 29.5 Å². The number of nitrogens with one attached hydrogen (secondary N) is 2. The van der Waals surface area contributed by atoms with Crippen LogP contribution in [0.5, 0.6) is 5.75 Å². The standard InChI is InChI=1S/C19H18N4O4S/c1-27-14-8-6-13(7-9-14)16-12-28-19(21-16)22-18(24)10-11-20-15-4-2-3-5-17(15)23(25)26/h2-9,12,20H,10-11H2,1H3,(H,21,22,24). The van der Waals surface area contributed by atoms with Crippen molar-refractivity contribution in [2.75, 3.05) is 24.3 Å². The summed E-state index contributed by atoms with van der Waals surface area (Å²) in [6.07, 6.45) is 0.156. The predicted octanol–water partition coefficient (Wildman–Crippen LogP) is 4.17. The number of benzene rings is 2. The molecule has 0 atom stereocenters. The summed E-state index contributed by atoms with van der Waals surface area (Å²) in [4.78, 5) is 27.1. The largest absolute Gasteiger partial charge is 0.497 e. The van der Waals surface area contributed by atoms with Gasteiger partial charge in [-0.15, -0.1) is 11.3 Å².